The number of nitrogens with one attached hydrogen (secondary N) is 1. The molecule has 0 spiro atoms. The highest BCUT2D eigenvalue weighted by Crippen LogP contribution is 2.34. The summed E-state index contributed by atoms with van der Waals surface area (Å²) in [4.78, 5) is 6.59. The van der Waals surface area contributed by atoms with Crippen molar-refractivity contribution in [2.45, 2.75) is 19.4 Å². The fourth-order valence-electron chi connectivity index (χ4n) is 3.71. The number of halogens is 1. The van der Waals surface area contributed by atoms with Crippen LogP contribution in [-0.4, -0.2) is 26.2 Å². The molecule has 1 N–H and O–H groups in total. The summed E-state index contributed by atoms with van der Waals surface area (Å²) in [5, 5.41) is 0.775. The second kappa shape index (κ2) is 6.81. The van der Waals surface area contributed by atoms with E-state index in [1.165, 1.54) is 12.1 Å². The molecular weight excluding hydrogens is 365 g/mol. The Bertz CT molecular complexity index is 1120. The average molecular weight is 385 g/mol. The number of rotatable bonds is 4. The van der Waals surface area contributed by atoms with Gasteiger partial charge in [0.05, 0.1) is 17.5 Å². The van der Waals surface area contributed by atoms with Crippen LogP contribution in [-0.2, 0) is 23.0 Å². The third kappa shape index (κ3) is 3.73. The summed E-state index contributed by atoms with van der Waals surface area (Å²) >= 11 is 0. The number of hydrogen-bond acceptors (Lipinski definition) is 4. The molecule has 5 nitrogen and oxygen atoms in total. The van der Waals surface area contributed by atoms with Crippen LogP contribution in [0.5, 0.6) is 0 Å². The Balaban J connectivity index is 1.73. The van der Waals surface area contributed by atoms with E-state index in [0.717, 1.165) is 53.4 Å². The largest absolute Gasteiger partial charge is 0.367 e. The topological polar surface area (TPSA) is 62.3 Å². The zero-order chi connectivity index (χ0) is 19.0. The third-order valence-corrected chi connectivity index (χ3v) is 5.34. The lowest BCUT2D eigenvalue weighted by Gasteiger charge is -2.32. The fourth-order valence-corrected chi connectivity index (χ4v) is 4.30. The molecule has 7 heteroatoms. The van der Waals surface area contributed by atoms with Gasteiger partial charge in [-0.05, 0) is 48.7 Å². The lowest BCUT2D eigenvalue weighted by atomic mass is 9.99. The lowest BCUT2D eigenvalue weighted by molar-refractivity contribution is 0.606. The van der Waals surface area contributed by atoms with E-state index in [0.29, 0.717) is 12.2 Å². The van der Waals surface area contributed by atoms with Crippen LogP contribution in [0.4, 0.5) is 15.8 Å². The van der Waals surface area contributed by atoms with Crippen LogP contribution < -0.4 is 9.62 Å². The Kier molecular flexibility index (Phi) is 4.47. The highest BCUT2D eigenvalue weighted by atomic mass is 32.2. The standard InChI is InChI=1S/C20H20FN3O2S/c1-27(25,26)23-18-7-2-8-19-17(18)6-4-10-24(19)13-15-12-16(21)11-14-5-3-9-22-20(14)15/h2-3,5,7-9,11-12,23H,4,6,10,13H2,1H3. The Morgan fingerprint density at radius 1 is 1.22 bits per heavy atom. The van der Waals surface area contributed by atoms with Crippen molar-refractivity contribution in [1.29, 1.82) is 0 Å². The highest BCUT2D eigenvalue weighted by molar-refractivity contribution is 7.92. The minimum absolute atomic E-state index is 0.282. The van der Waals surface area contributed by atoms with Crippen LogP contribution in [0, 0.1) is 5.82 Å². The first-order valence-electron chi connectivity index (χ1n) is 8.78. The van der Waals surface area contributed by atoms with Crippen molar-refractivity contribution in [1.82, 2.24) is 4.98 Å². The van der Waals surface area contributed by atoms with E-state index < -0.39 is 10.0 Å². The van der Waals surface area contributed by atoms with Gasteiger partial charge in [0.1, 0.15) is 5.82 Å². The molecule has 1 aliphatic heterocycles. The molecule has 0 bridgehead atoms. The molecule has 0 saturated carbocycles. The summed E-state index contributed by atoms with van der Waals surface area (Å²) in [6.07, 6.45) is 4.56. The molecule has 1 aromatic heterocycles. The molecule has 0 fully saturated rings. The Morgan fingerprint density at radius 3 is 2.89 bits per heavy atom. The number of fused-ring (bicyclic) bond motifs is 2. The number of sulfonamides is 1. The number of nitrogens with zero attached hydrogens (tertiary/aromatic N) is 2. The van der Waals surface area contributed by atoms with E-state index in [-0.39, 0.29) is 5.82 Å². The molecule has 140 valence electrons. The molecule has 0 amide bonds. The van der Waals surface area contributed by atoms with Gasteiger partial charge in [-0.2, -0.15) is 0 Å². The van der Waals surface area contributed by atoms with E-state index >= 15 is 0 Å². The van der Waals surface area contributed by atoms with Gasteiger partial charge in [0, 0.05) is 35.9 Å². The Hall–Kier alpha value is -2.67. The molecule has 0 aliphatic carbocycles. The minimum Gasteiger partial charge on any atom is -0.367 e. The quantitative estimate of drug-likeness (QED) is 0.744. The molecule has 0 saturated heterocycles. The minimum atomic E-state index is -3.35. The Morgan fingerprint density at radius 2 is 2.07 bits per heavy atom. The molecule has 0 atom stereocenters. The number of pyridine rings is 1. The predicted octanol–water partition coefficient (Wildman–Crippen LogP) is 3.70. The molecule has 0 unspecified atom stereocenters. The van der Waals surface area contributed by atoms with Gasteiger partial charge < -0.3 is 4.90 Å². The summed E-state index contributed by atoms with van der Waals surface area (Å²) in [6, 6.07) is 12.3. The van der Waals surface area contributed by atoms with Gasteiger partial charge in [-0.3, -0.25) is 9.71 Å². The number of aromatic nitrogens is 1. The first-order valence-corrected chi connectivity index (χ1v) is 10.7. The first-order chi connectivity index (χ1) is 12.9. The van der Waals surface area contributed by atoms with Crippen LogP contribution in [0.2, 0.25) is 0 Å². The lowest BCUT2D eigenvalue weighted by Crippen LogP contribution is -2.29. The fraction of sp³-hybridized carbons (Fsp3) is 0.250. The van der Waals surface area contributed by atoms with E-state index in [1.54, 1.807) is 18.3 Å². The van der Waals surface area contributed by atoms with E-state index in [2.05, 4.69) is 14.6 Å². The molecule has 2 heterocycles. The average Bonchev–Trinajstić information content (AvgIpc) is 2.61. The Labute approximate surface area is 157 Å². The van der Waals surface area contributed by atoms with Crippen LogP contribution >= 0.6 is 0 Å². The van der Waals surface area contributed by atoms with Crippen molar-refractivity contribution >= 4 is 32.3 Å². The summed E-state index contributed by atoms with van der Waals surface area (Å²) < 4.78 is 40.0. The predicted molar refractivity (Wildman–Crippen MR) is 106 cm³/mol. The summed E-state index contributed by atoms with van der Waals surface area (Å²) in [5.41, 5.74) is 4.17. The first kappa shape index (κ1) is 17.7. The molecular formula is C20H20FN3O2S. The number of benzene rings is 2. The summed E-state index contributed by atoms with van der Waals surface area (Å²) in [5.74, 6) is -0.282. The molecule has 2 aromatic carbocycles. The maximum absolute atomic E-state index is 14.1. The van der Waals surface area contributed by atoms with Gasteiger partial charge >= 0.3 is 0 Å². The van der Waals surface area contributed by atoms with Gasteiger partial charge in [-0.15, -0.1) is 0 Å². The maximum Gasteiger partial charge on any atom is 0.229 e. The smallest absolute Gasteiger partial charge is 0.229 e. The van der Waals surface area contributed by atoms with Crippen molar-refractivity contribution in [3.63, 3.8) is 0 Å². The van der Waals surface area contributed by atoms with Crippen LogP contribution in [0.25, 0.3) is 10.9 Å². The summed E-state index contributed by atoms with van der Waals surface area (Å²) in [6.45, 7) is 1.33. The molecule has 27 heavy (non-hydrogen) atoms. The van der Waals surface area contributed by atoms with E-state index in [4.69, 9.17) is 0 Å². The van der Waals surface area contributed by atoms with Gasteiger partial charge in [-0.1, -0.05) is 12.1 Å². The van der Waals surface area contributed by atoms with Crippen LogP contribution in [0.15, 0.2) is 48.7 Å². The van der Waals surface area contributed by atoms with Crippen molar-refractivity contribution in [3.05, 3.63) is 65.6 Å². The number of anilines is 2. The van der Waals surface area contributed by atoms with Gasteiger partial charge in [0.15, 0.2) is 0 Å². The van der Waals surface area contributed by atoms with E-state index in [9.17, 15) is 12.8 Å². The SMILES string of the molecule is CS(=O)(=O)Nc1cccc2c1CCCN2Cc1cc(F)cc2cccnc12. The highest BCUT2D eigenvalue weighted by Gasteiger charge is 2.21. The zero-order valence-electron chi connectivity index (χ0n) is 14.9. The van der Waals surface area contributed by atoms with Crippen molar-refractivity contribution < 1.29 is 12.8 Å². The second-order valence-corrected chi connectivity index (χ2v) is 8.59. The van der Waals surface area contributed by atoms with Gasteiger partial charge in [0.25, 0.3) is 0 Å². The maximum atomic E-state index is 14.1. The van der Waals surface area contributed by atoms with Gasteiger partial charge in [0.2, 0.25) is 10.0 Å². The zero-order valence-corrected chi connectivity index (χ0v) is 15.8. The van der Waals surface area contributed by atoms with Crippen LogP contribution in [0.1, 0.15) is 17.5 Å². The van der Waals surface area contributed by atoms with Crippen molar-refractivity contribution in [2.24, 2.45) is 0 Å². The normalized spacial score (nSPS) is 14.2. The second-order valence-electron chi connectivity index (χ2n) is 6.84. The van der Waals surface area contributed by atoms with Crippen molar-refractivity contribution in [2.75, 3.05) is 22.4 Å². The monoisotopic (exact) mass is 385 g/mol. The molecule has 3 aromatic rings. The molecule has 0 radical (unpaired) electrons. The molecule has 1 aliphatic rings. The van der Waals surface area contributed by atoms with Crippen molar-refractivity contribution in [3.8, 4) is 0 Å². The summed E-state index contributed by atoms with van der Waals surface area (Å²) in [7, 11) is -3.35. The van der Waals surface area contributed by atoms with Gasteiger partial charge in [-0.25, -0.2) is 12.8 Å². The van der Waals surface area contributed by atoms with Crippen LogP contribution in [0.3, 0.4) is 0 Å². The van der Waals surface area contributed by atoms with E-state index in [1.807, 2.05) is 18.2 Å². The molecule has 4 rings (SSSR count). The number of hydrogen-bond donors (Lipinski definition) is 1. The third-order valence-electron chi connectivity index (χ3n) is 4.75.